The highest BCUT2D eigenvalue weighted by Gasteiger charge is 2.32. The maximum absolute atomic E-state index is 12.5. The zero-order valence-corrected chi connectivity index (χ0v) is 15.4. The second-order valence-corrected chi connectivity index (χ2v) is 8.24. The molecular formula is C18H21N3O5S. The number of nitrogens with zero attached hydrogens (tertiary/aromatic N) is 2. The van der Waals surface area contributed by atoms with Crippen molar-refractivity contribution in [2.45, 2.75) is 24.7 Å². The summed E-state index contributed by atoms with van der Waals surface area (Å²) in [7, 11) is -3.63. The molecule has 1 aromatic heterocycles. The number of ether oxygens (including phenoxy) is 1. The second-order valence-electron chi connectivity index (χ2n) is 6.28. The van der Waals surface area contributed by atoms with E-state index in [1.165, 1.54) is 23.2 Å². The number of anilines is 1. The Hall–Kier alpha value is -2.81. The molecule has 0 bridgehead atoms. The standard InChI is InChI=1S/C18H21N3O5S/c22-15-6-7-17(19-12-15)20-27(24,25)16-8-10-21(11-9-16)18(23)26-13-14-4-2-1-3-5-14/h1-7,12,16,22H,8-11,13H2,(H,19,20). The summed E-state index contributed by atoms with van der Waals surface area (Å²) in [6.07, 6.45) is 1.35. The van der Waals surface area contributed by atoms with Crippen molar-refractivity contribution in [1.82, 2.24) is 9.88 Å². The first-order valence-electron chi connectivity index (χ1n) is 8.56. The highest BCUT2D eigenvalue weighted by atomic mass is 32.2. The van der Waals surface area contributed by atoms with Crippen LogP contribution in [-0.2, 0) is 21.4 Å². The summed E-state index contributed by atoms with van der Waals surface area (Å²) in [6.45, 7) is 0.802. The van der Waals surface area contributed by atoms with E-state index < -0.39 is 21.4 Å². The molecule has 1 fully saturated rings. The molecule has 0 atom stereocenters. The molecule has 0 unspecified atom stereocenters. The average molecular weight is 391 g/mol. The fourth-order valence-corrected chi connectivity index (χ4v) is 4.25. The van der Waals surface area contributed by atoms with Crippen LogP contribution < -0.4 is 4.72 Å². The van der Waals surface area contributed by atoms with Crippen LogP contribution in [0.15, 0.2) is 48.7 Å². The van der Waals surface area contributed by atoms with Gasteiger partial charge in [-0.25, -0.2) is 18.2 Å². The van der Waals surface area contributed by atoms with E-state index >= 15 is 0 Å². The Balaban J connectivity index is 1.50. The molecule has 2 aromatic rings. The summed E-state index contributed by atoms with van der Waals surface area (Å²) in [5.74, 6) is 0.109. The molecule has 2 N–H and O–H groups in total. The first-order valence-corrected chi connectivity index (χ1v) is 10.1. The van der Waals surface area contributed by atoms with Crippen LogP contribution in [0.2, 0.25) is 0 Å². The zero-order chi connectivity index (χ0) is 19.3. The van der Waals surface area contributed by atoms with Gasteiger partial charge in [-0.15, -0.1) is 0 Å². The molecule has 0 spiro atoms. The van der Waals surface area contributed by atoms with E-state index in [1.54, 1.807) is 0 Å². The van der Waals surface area contributed by atoms with Crippen molar-refractivity contribution in [3.8, 4) is 5.75 Å². The van der Waals surface area contributed by atoms with Gasteiger partial charge in [-0.05, 0) is 30.5 Å². The van der Waals surface area contributed by atoms with Crippen molar-refractivity contribution in [3.63, 3.8) is 0 Å². The number of likely N-dealkylation sites (tertiary alicyclic amines) is 1. The lowest BCUT2D eigenvalue weighted by Gasteiger charge is -2.31. The van der Waals surface area contributed by atoms with Gasteiger partial charge < -0.3 is 14.7 Å². The van der Waals surface area contributed by atoms with Crippen molar-refractivity contribution in [2.75, 3.05) is 17.8 Å². The maximum Gasteiger partial charge on any atom is 0.410 e. The number of pyridine rings is 1. The summed E-state index contributed by atoms with van der Waals surface area (Å²) < 4.78 is 32.7. The number of rotatable bonds is 5. The summed E-state index contributed by atoms with van der Waals surface area (Å²) >= 11 is 0. The molecule has 8 nitrogen and oxygen atoms in total. The van der Waals surface area contributed by atoms with E-state index in [9.17, 15) is 18.3 Å². The van der Waals surface area contributed by atoms with E-state index in [0.29, 0.717) is 25.9 Å². The molecule has 1 amide bonds. The number of amides is 1. The van der Waals surface area contributed by atoms with Gasteiger partial charge in [0.2, 0.25) is 10.0 Å². The number of aromatic hydroxyl groups is 1. The molecule has 1 aliphatic rings. The molecule has 144 valence electrons. The Morgan fingerprint density at radius 2 is 1.89 bits per heavy atom. The summed E-state index contributed by atoms with van der Waals surface area (Å²) in [5.41, 5.74) is 0.897. The number of piperidine rings is 1. The Bertz CT molecular complexity index is 864. The van der Waals surface area contributed by atoms with Crippen molar-refractivity contribution >= 4 is 21.9 Å². The van der Waals surface area contributed by atoms with Crippen LogP contribution >= 0.6 is 0 Å². The number of benzene rings is 1. The monoisotopic (exact) mass is 391 g/mol. The highest BCUT2D eigenvalue weighted by molar-refractivity contribution is 7.93. The van der Waals surface area contributed by atoms with Gasteiger partial charge in [0, 0.05) is 13.1 Å². The lowest BCUT2D eigenvalue weighted by Crippen LogP contribution is -2.44. The molecule has 2 heterocycles. The minimum absolute atomic E-state index is 0.0414. The lowest BCUT2D eigenvalue weighted by atomic mass is 10.1. The predicted molar refractivity (Wildman–Crippen MR) is 99.7 cm³/mol. The third-order valence-corrected chi connectivity index (χ3v) is 6.18. The minimum atomic E-state index is -3.63. The summed E-state index contributed by atoms with van der Waals surface area (Å²) in [5, 5.41) is 8.59. The second kappa shape index (κ2) is 8.26. The van der Waals surface area contributed by atoms with Crippen LogP contribution in [0.25, 0.3) is 0 Å². The van der Waals surface area contributed by atoms with E-state index in [-0.39, 0.29) is 18.2 Å². The number of hydrogen-bond acceptors (Lipinski definition) is 6. The van der Waals surface area contributed by atoms with Crippen molar-refractivity contribution in [3.05, 3.63) is 54.2 Å². The summed E-state index contributed by atoms with van der Waals surface area (Å²) in [6, 6.07) is 12.1. The fourth-order valence-electron chi connectivity index (χ4n) is 2.83. The molecular weight excluding hydrogens is 370 g/mol. The molecule has 1 aromatic carbocycles. The van der Waals surface area contributed by atoms with E-state index in [4.69, 9.17) is 4.74 Å². The van der Waals surface area contributed by atoms with Crippen LogP contribution in [0.4, 0.5) is 10.6 Å². The molecule has 3 rings (SSSR count). The molecule has 27 heavy (non-hydrogen) atoms. The van der Waals surface area contributed by atoms with E-state index in [2.05, 4.69) is 9.71 Å². The lowest BCUT2D eigenvalue weighted by molar-refractivity contribution is 0.0897. The number of hydrogen-bond donors (Lipinski definition) is 2. The van der Waals surface area contributed by atoms with E-state index in [1.807, 2.05) is 30.3 Å². The topological polar surface area (TPSA) is 109 Å². The van der Waals surface area contributed by atoms with Crippen LogP contribution in [0.1, 0.15) is 18.4 Å². The zero-order valence-electron chi connectivity index (χ0n) is 14.6. The Kier molecular flexibility index (Phi) is 5.80. The number of sulfonamides is 1. The smallest absolute Gasteiger partial charge is 0.410 e. The van der Waals surface area contributed by atoms with Crippen molar-refractivity contribution < 1.29 is 23.1 Å². The molecule has 9 heteroatoms. The summed E-state index contributed by atoms with van der Waals surface area (Å²) in [4.78, 5) is 17.5. The quantitative estimate of drug-likeness (QED) is 0.810. The number of carbonyl (C=O) groups excluding carboxylic acids is 1. The van der Waals surface area contributed by atoms with Gasteiger partial charge in [0.25, 0.3) is 0 Å². The Morgan fingerprint density at radius 1 is 1.19 bits per heavy atom. The average Bonchev–Trinajstić information content (AvgIpc) is 2.69. The van der Waals surface area contributed by atoms with Gasteiger partial charge in [-0.3, -0.25) is 4.72 Å². The van der Waals surface area contributed by atoms with Crippen molar-refractivity contribution in [2.24, 2.45) is 0 Å². The normalized spacial score (nSPS) is 15.3. The predicted octanol–water partition coefficient (Wildman–Crippen LogP) is 2.33. The van der Waals surface area contributed by atoms with Crippen LogP contribution in [0, 0.1) is 0 Å². The number of aromatic nitrogens is 1. The van der Waals surface area contributed by atoms with Gasteiger partial charge in [0.1, 0.15) is 18.2 Å². The first kappa shape index (κ1) is 19.0. The van der Waals surface area contributed by atoms with Gasteiger partial charge in [0.15, 0.2) is 0 Å². The Morgan fingerprint density at radius 3 is 2.52 bits per heavy atom. The van der Waals surface area contributed by atoms with Gasteiger partial charge in [-0.1, -0.05) is 30.3 Å². The minimum Gasteiger partial charge on any atom is -0.506 e. The molecule has 0 radical (unpaired) electrons. The van der Waals surface area contributed by atoms with Crippen LogP contribution in [0.3, 0.4) is 0 Å². The Labute approximate surface area is 157 Å². The third kappa shape index (κ3) is 5.10. The molecule has 1 saturated heterocycles. The molecule has 1 aliphatic heterocycles. The van der Waals surface area contributed by atoms with E-state index in [0.717, 1.165) is 5.56 Å². The number of carbonyl (C=O) groups is 1. The fraction of sp³-hybridized carbons (Fsp3) is 0.333. The molecule has 0 saturated carbocycles. The largest absolute Gasteiger partial charge is 0.506 e. The van der Waals surface area contributed by atoms with Gasteiger partial charge in [-0.2, -0.15) is 0 Å². The van der Waals surface area contributed by atoms with Gasteiger partial charge >= 0.3 is 6.09 Å². The third-order valence-electron chi connectivity index (χ3n) is 4.34. The first-order chi connectivity index (χ1) is 12.9. The highest BCUT2D eigenvalue weighted by Crippen LogP contribution is 2.21. The van der Waals surface area contributed by atoms with Gasteiger partial charge in [0.05, 0.1) is 11.4 Å². The maximum atomic E-state index is 12.5. The van der Waals surface area contributed by atoms with Crippen molar-refractivity contribution in [1.29, 1.82) is 0 Å². The van der Waals surface area contributed by atoms with Crippen LogP contribution in [0.5, 0.6) is 5.75 Å². The number of nitrogens with one attached hydrogen (secondary N) is 1. The molecule has 0 aliphatic carbocycles. The van der Waals surface area contributed by atoms with Crippen LogP contribution in [-0.4, -0.2) is 47.8 Å². The SMILES string of the molecule is O=C(OCc1ccccc1)N1CCC(S(=O)(=O)Nc2ccc(O)cn2)CC1.